The minimum atomic E-state index is -1.13. The maximum absolute atomic E-state index is 12.1. The van der Waals surface area contributed by atoms with Gasteiger partial charge >= 0.3 is 11.9 Å². The van der Waals surface area contributed by atoms with Gasteiger partial charge in [-0.2, -0.15) is 0 Å². The van der Waals surface area contributed by atoms with Crippen LogP contribution in [0.1, 0.15) is 29.5 Å². The second kappa shape index (κ2) is 9.38. The number of ether oxygens (including phenoxy) is 1. The number of carboxylic acid groups (broad SMARTS) is 1. The number of esters is 1. The van der Waals surface area contributed by atoms with Gasteiger partial charge in [0, 0.05) is 5.69 Å². The molecule has 0 unspecified atom stereocenters. The summed E-state index contributed by atoms with van der Waals surface area (Å²) >= 11 is 0. The number of furan rings is 1. The lowest BCUT2D eigenvalue weighted by Gasteiger charge is -2.13. The van der Waals surface area contributed by atoms with Crippen LogP contribution in [0, 0.1) is 0 Å². The van der Waals surface area contributed by atoms with Crippen molar-refractivity contribution >= 4 is 23.5 Å². The summed E-state index contributed by atoms with van der Waals surface area (Å²) in [6, 6.07) is 8.50. The summed E-state index contributed by atoms with van der Waals surface area (Å²) in [6.07, 6.45) is 1.23. The number of carboxylic acids is 1. The molecule has 0 radical (unpaired) electrons. The van der Waals surface area contributed by atoms with Gasteiger partial charge in [-0.15, -0.1) is 0 Å². The molecule has 2 rings (SSSR count). The van der Waals surface area contributed by atoms with Crippen LogP contribution in [-0.4, -0.2) is 35.6 Å². The van der Waals surface area contributed by atoms with Gasteiger partial charge in [-0.05, 0) is 43.3 Å². The molecule has 1 atom stereocenters. The number of nitrogens with one attached hydrogen (secondary N) is 2. The Labute approximate surface area is 150 Å². The van der Waals surface area contributed by atoms with Crippen molar-refractivity contribution in [1.82, 2.24) is 5.32 Å². The van der Waals surface area contributed by atoms with E-state index >= 15 is 0 Å². The Kier molecular flexibility index (Phi) is 6.92. The molecule has 0 aliphatic carbocycles. The standard InChI is InChI=1S/C18H20N2O6/c1-2-25-18(24)12-5-7-13(8-6-12)20-16(21)10-15(17(22)23)19-11-14-4-3-9-26-14/h3-9,15,19H,2,10-11H2,1H3,(H,20,21)(H,22,23)/t15-/m1/s1. The highest BCUT2D eigenvalue weighted by Crippen LogP contribution is 2.11. The van der Waals surface area contributed by atoms with Crippen LogP contribution in [0.5, 0.6) is 0 Å². The Morgan fingerprint density at radius 2 is 1.92 bits per heavy atom. The molecule has 8 heteroatoms. The molecule has 1 heterocycles. The summed E-state index contributed by atoms with van der Waals surface area (Å²) in [5.74, 6) is -1.47. The van der Waals surface area contributed by atoms with Gasteiger partial charge in [-0.25, -0.2) is 4.79 Å². The first-order chi connectivity index (χ1) is 12.5. The van der Waals surface area contributed by atoms with Crippen molar-refractivity contribution in [3.8, 4) is 0 Å². The molecule has 1 aromatic heterocycles. The lowest BCUT2D eigenvalue weighted by molar-refractivity contribution is -0.141. The molecule has 1 aromatic carbocycles. The number of aliphatic carboxylic acids is 1. The normalized spacial score (nSPS) is 11.6. The summed E-state index contributed by atoms with van der Waals surface area (Å²) in [5.41, 5.74) is 0.826. The molecule has 3 N–H and O–H groups in total. The van der Waals surface area contributed by atoms with Crippen molar-refractivity contribution in [3.63, 3.8) is 0 Å². The fourth-order valence-electron chi connectivity index (χ4n) is 2.19. The summed E-state index contributed by atoms with van der Waals surface area (Å²) < 4.78 is 10.00. The van der Waals surface area contributed by atoms with Crippen molar-refractivity contribution in [2.75, 3.05) is 11.9 Å². The van der Waals surface area contributed by atoms with Crippen LogP contribution >= 0.6 is 0 Å². The zero-order chi connectivity index (χ0) is 18.9. The minimum absolute atomic E-state index is 0.200. The van der Waals surface area contributed by atoms with E-state index in [0.29, 0.717) is 17.0 Å². The van der Waals surface area contributed by atoms with Crippen LogP contribution in [0.25, 0.3) is 0 Å². The highest BCUT2D eigenvalue weighted by Gasteiger charge is 2.21. The molecule has 2 aromatic rings. The van der Waals surface area contributed by atoms with Crippen molar-refractivity contribution < 1.29 is 28.6 Å². The fourth-order valence-corrected chi connectivity index (χ4v) is 2.19. The zero-order valence-corrected chi connectivity index (χ0v) is 14.2. The fraction of sp³-hybridized carbons (Fsp3) is 0.278. The van der Waals surface area contributed by atoms with Crippen LogP contribution in [0.15, 0.2) is 47.1 Å². The molecule has 0 bridgehead atoms. The van der Waals surface area contributed by atoms with Gasteiger partial charge in [0.05, 0.1) is 31.4 Å². The average molecular weight is 360 g/mol. The third-order valence-electron chi connectivity index (χ3n) is 3.47. The smallest absolute Gasteiger partial charge is 0.338 e. The Morgan fingerprint density at radius 3 is 2.50 bits per heavy atom. The van der Waals surface area contributed by atoms with Crippen molar-refractivity contribution in [1.29, 1.82) is 0 Å². The number of hydrogen-bond donors (Lipinski definition) is 3. The van der Waals surface area contributed by atoms with Crippen LogP contribution in [0.4, 0.5) is 5.69 Å². The van der Waals surface area contributed by atoms with Gasteiger partial charge in [-0.1, -0.05) is 0 Å². The number of amides is 1. The highest BCUT2D eigenvalue weighted by atomic mass is 16.5. The molecule has 1 amide bonds. The van der Waals surface area contributed by atoms with Crippen molar-refractivity contribution in [2.45, 2.75) is 25.9 Å². The lowest BCUT2D eigenvalue weighted by Crippen LogP contribution is -2.39. The Hall–Kier alpha value is -3.13. The van der Waals surface area contributed by atoms with E-state index in [9.17, 15) is 19.5 Å². The molecule has 0 aliphatic heterocycles. The van der Waals surface area contributed by atoms with Crippen LogP contribution in [-0.2, 0) is 20.9 Å². The first-order valence-corrected chi connectivity index (χ1v) is 8.05. The predicted octanol–water partition coefficient (Wildman–Crippen LogP) is 2.03. The number of carbonyl (C=O) groups excluding carboxylic acids is 2. The number of carbonyl (C=O) groups is 3. The summed E-state index contributed by atoms with van der Waals surface area (Å²) in [4.78, 5) is 35.0. The number of rotatable bonds is 9. The van der Waals surface area contributed by atoms with Crippen LogP contribution in [0.3, 0.4) is 0 Å². The second-order valence-electron chi connectivity index (χ2n) is 5.40. The van der Waals surface area contributed by atoms with Gasteiger partial charge in [0.15, 0.2) is 0 Å². The molecule has 0 saturated carbocycles. The minimum Gasteiger partial charge on any atom is -0.480 e. The third kappa shape index (κ3) is 5.75. The largest absolute Gasteiger partial charge is 0.480 e. The third-order valence-corrected chi connectivity index (χ3v) is 3.47. The van der Waals surface area contributed by atoms with E-state index in [4.69, 9.17) is 9.15 Å². The Morgan fingerprint density at radius 1 is 1.19 bits per heavy atom. The number of benzene rings is 1. The topological polar surface area (TPSA) is 118 Å². The zero-order valence-electron chi connectivity index (χ0n) is 14.2. The number of anilines is 1. The van der Waals surface area contributed by atoms with Crippen molar-refractivity contribution in [2.24, 2.45) is 0 Å². The molecule has 8 nitrogen and oxygen atoms in total. The van der Waals surface area contributed by atoms with E-state index in [1.807, 2.05) is 0 Å². The van der Waals surface area contributed by atoms with E-state index in [2.05, 4.69) is 10.6 Å². The van der Waals surface area contributed by atoms with Gasteiger partial charge in [0.2, 0.25) is 5.91 Å². The maximum atomic E-state index is 12.1. The Bertz CT molecular complexity index is 740. The summed E-state index contributed by atoms with van der Waals surface area (Å²) in [6.45, 7) is 2.19. The molecule has 0 fully saturated rings. The maximum Gasteiger partial charge on any atom is 0.338 e. The van der Waals surface area contributed by atoms with E-state index in [1.54, 1.807) is 31.2 Å². The quantitative estimate of drug-likeness (QED) is 0.586. The number of hydrogen-bond acceptors (Lipinski definition) is 6. The first-order valence-electron chi connectivity index (χ1n) is 8.05. The van der Waals surface area contributed by atoms with Gasteiger partial charge in [-0.3, -0.25) is 14.9 Å². The second-order valence-corrected chi connectivity index (χ2v) is 5.40. The average Bonchev–Trinajstić information content (AvgIpc) is 3.12. The molecular formula is C18H20N2O6. The summed E-state index contributed by atoms with van der Waals surface area (Å²) in [7, 11) is 0. The highest BCUT2D eigenvalue weighted by molar-refractivity contribution is 5.95. The van der Waals surface area contributed by atoms with Gasteiger partial charge in [0.1, 0.15) is 11.8 Å². The molecule has 0 spiro atoms. The van der Waals surface area contributed by atoms with E-state index in [1.165, 1.54) is 18.4 Å². The van der Waals surface area contributed by atoms with E-state index in [0.717, 1.165) is 0 Å². The van der Waals surface area contributed by atoms with Gasteiger partial charge in [0.25, 0.3) is 0 Å². The Balaban J connectivity index is 1.88. The molecule has 0 aliphatic rings. The molecule has 26 heavy (non-hydrogen) atoms. The first kappa shape index (κ1) is 19.2. The van der Waals surface area contributed by atoms with E-state index < -0.39 is 23.9 Å². The monoisotopic (exact) mass is 360 g/mol. The molecule has 138 valence electrons. The predicted molar refractivity (Wildman–Crippen MR) is 92.6 cm³/mol. The van der Waals surface area contributed by atoms with E-state index in [-0.39, 0.29) is 19.6 Å². The SMILES string of the molecule is CCOC(=O)c1ccc(NC(=O)C[C@@H](NCc2ccco2)C(=O)O)cc1. The molecular weight excluding hydrogens is 340 g/mol. The summed E-state index contributed by atoms with van der Waals surface area (Å²) in [5, 5.41) is 14.6. The van der Waals surface area contributed by atoms with Crippen LogP contribution in [0.2, 0.25) is 0 Å². The van der Waals surface area contributed by atoms with Crippen LogP contribution < -0.4 is 10.6 Å². The molecule has 0 saturated heterocycles. The van der Waals surface area contributed by atoms with Gasteiger partial charge < -0.3 is 19.6 Å². The lowest BCUT2D eigenvalue weighted by atomic mass is 10.1. The van der Waals surface area contributed by atoms with Crippen molar-refractivity contribution in [3.05, 3.63) is 54.0 Å².